The van der Waals surface area contributed by atoms with Crippen molar-refractivity contribution in [1.29, 1.82) is 0 Å². The van der Waals surface area contributed by atoms with Crippen LogP contribution in [-0.4, -0.2) is 24.2 Å². The molecule has 0 saturated heterocycles. The normalized spacial score (nSPS) is 10.0. The van der Waals surface area contributed by atoms with E-state index in [-0.39, 0.29) is 11.0 Å². The summed E-state index contributed by atoms with van der Waals surface area (Å²) in [5, 5.41) is 5.96. The molecule has 0 aliphatic carbocycles. The molecule has 1 amide bonds. The van der Waals surface area contributed by atoms with Crippen molar-refractivity contribution in [3.05, 3.63) is 54.6 Å². The zero-order valence-electron chi connectivity index (χ0n) is 14.9. The Morgan fingerprint density at radius 3 is 2.42 bits per heavy atom. The van der Waals surface area contributed by atoms with Gasteiger partial charge in [-0.25, -0.2) is 0 Å². The third kappa shape index (κ3) is 7.53. The number of para-hydroxylation sites is 1. The van der Waals surface area contributed by atoms with E-state index in [4.69, 9.17) is 21.7 Å². The van der Waals surface area contributed by atoms with E-state index in [0.29, 0.717) is 25.4 Å². The highest BCUT2D eigenvalue weighted by molar-refractivity contribution is 7.80. The second kappa shape index (κ2) is 11.1. The van der Waals surface area contributed by atoms with Crippen molar-refractivity contribution in [2.75, 3.05) is 18.5 Å². The number of ether oxygens (including phenoxy) is 2. The van der Waals surface area contributed by atoms with Crippen molar-refractivity contribution in [2.45, 2.75) is 26.2 Å². The minimum atomic E-state index is -0.0742. The van der Waals surface area contributed by atoms with Gasteiger partial charge < -0.3 is 20.1 Å². The monoisotopic (exact) mass is 372 g/mol. The minimum Gasteiger partial charge on any atom is -0.490 e. The Morgan fingerprint density at radius 1 is 1.00 bits per heavy atom. The summed E-state index contributed by atoms with van der Waals surface area (Å²) in [5.41, 5.74) is 0.757. The Hall–Kier alpha value is -2.60. The molecule has 2 aromatic carbocycles. The van der Waals surface area contributed by atoms with E-state index in [9.17, 15) is 4.79 Å². The fourth-order valence-electron chi connectivity index (χ4n) is 2.19. The Kier molecular flexibility index (Phi) is 8.42. The number of rotatable bonds is 9. The van der Waals surface area contributed by atoms with Crippen LogP contribution in [0.25, 0.3) is 0 Å². The fraction of sp³-hybridized carbons (Fsp3) is 0.300. The molecule has 0 unspecified atom stereocenters. The zero-order chi connectivity index (χ0) is 18.6. The van der Waals surface area contributed by atoms with Gasteiger partial charge >= 0.3 is 0 Å². The molecule has 2 aromatic rings. The first-order chi connectivity index (χ1) is 12.7. The van der Waals surface area contributed by atoms with Gasteiger partial charge in [-0.15, -0.1) is 0 Å². The van der Waals surface area contributed by atoms with Crippen LogP contribution < -0.4 is 20.1 Å². The van der Waals surface area contributed by atoms with E-state index in [0.717, 1.165) is 24.3 Å². The Balaban J connectivity index is 1.74. The molecular weight excluding hydrogens is 348 g/mol. The van der Waals surface area contributed by atoms with Gasteiger partial charge in [0.25, 0.3) is 0 Å². The maximum atomic E-state index is 11.7. The predicted octanol–water partition coefficient (Wildman–Crippen LogP) is 4.15. The number of carbonyl (C=O) groups excluding carboxylic acids is 1. The number of hydrogen-bond acceptors (Lipinski definition) is 4. The fourth-order valence-corrected chi connectivity index (χ4v) is 2.42. The van der Waals surface area contributed by atoms with Gasteiger partial charge in [0.1, 0.15) is 24.7 Å². The molecule has 0 heterocycles. The number of carbonyl (C=O) groups is 1. The summed E-state index contributed by atoms with van der Waals surface area (Å²) in [4.78, 5) is 11.7. The van der Waals surface area contributed by atoms with Gasteiger partial charge in [0.2, 0.25) is 5.91 Å². The van der Waals surface area contributed by atoms with Crippen molar-refractivity contribution < 1.29 is 14.3 Å². The summed E-state index contributed by atoms with van der Waals surface area (Å²) in [6, 6.07) is 17.0. The first-order valence-corrected chi connectivity index (χ1v) is 9.09. The van der Waals surface area contributed by atoms with Crippen molar-refractivity contribution in [2.24, 2.45) is 0 Å². The summed E-state index contributed by atoms with van der Waals surface area (Å²) in [5.74, 6) is 1.44. The Labute approximate surface area is 159 Å². The third-order valence-electron chi connectivity index (χ3n) is 3.47. The van der Waals surface area contributed by atoms with Crippen molar-refractivity contribution in [3.63, 3.8) is 0 Å². The molecule has 5 nitrogen and oxygen atoms in total. The number of thiocarbonyl (C=S) groups is 1. The van der Waals surface area contributed by atoms with Crippen molar-refractivity contribution in [1.82, 2.24) is 5.32 Å². The summed E-state index contributed by atoms with van der Waals surface area (Å²) in [7, 11) is 0. The maximum absolute atomic E-state index is 11.7. The highest BCUT2D eigenvalue weighted by Gasteiger charge is 2.05. The van der Waals surface area contributed by atoms with E-state index >= 15 is 0 Å². The molecule has 2 N–H and O–H groups in total. The largest absolute Gasteiger partial charge is 0.490 e. The van der Waals surface area contributed by atoms with Gasteiger partial charge in [-0.3, -0.25) is 4.79 Å². The molecule has 0 radical (unpaired) electrons. The quantitative estimate of drug-likeness (QED) is 0.512. The van der Waals surface area contributed by atoms with E-state index in [1.54, 1.807) is 0 Å². The molecule has 2 rings (SSSR count). The smallest absolute Gasteiger partial charge is 0.226 e. The number of unbranched alkanes of at least 4 members (excludes halogenated alkanes) is 1. The van der Waals surface area contributed by atoms with Crippen LogP contribution in [0.5, 0.6) is 11.5 Å². The molecule has 0 aliphatic heterocycles. The molecule has 0 fully saturated rings. The Bertz CT molecular complexity index is 707. The average Bonchev–Trinajstić information content (AvgIpc) is 2.64. The van der Waals surface area contributed by atoms with Gasteiger partial charge in [0, 0.05) is 18.2 Å². The van der Waals surface area contributed by atoms with Crippen LogP contribution in [0.2, 0.25) is 0 Å². The molecule has 0 aromatic heterocycles. The first-order valence-electron chi connectivity index (χ1n) is 8.69. The van der Waals surface area contributed by atoms with Crippen LogP contribution in [0.3, 0.4) is 0 Å². The predicted molar refractivity (Wildman–Crippen MR) is 108 cm³/mol. The number of nitrogens with one attached hydrogen (secondary N) is 2. The number of benzene rings is 2. The molecule has 0 aliphatic rings. The summed E-state index contributed by atoms with van der Waals surface area (Å²) in [6.45, 7) is 2.92. The van der Waals surface area contributed by atoms with Crippen LogP contribution in [-0.2, 0) is 4.79 Å². The molecule has 0 bridgehead atoms. The topological polar surface area (TPSA) is 59.6 Å². The second-order valence-corrected chi connectivity index (χ2v) is 6.05. The van der Waals surface area contributed by atoms with Gasteiger partial charge in [0.15, 0.2) is 5.11 Å². The number of amides is 1. The lowest BCUT2D eigenvalue weighted by atomic mass is 10.2. The van der Waals surface area contributed by atoms with Crippen LogP contribution in [0.15, 0.2) is 54.6 Å². The third-order valence-corrected chi connectivity index (χ3v) is 3.67. The van der Waals surface area contributed by atoms with Gasteiger partial charge in [-0.05, 0) is 42.9 Å². The summed E-state index contributed by atoms with van der Waals surface area (Å²) >= 11 is 5.16. The Morgan fingerprint density at radius 2 is 1.69 bits per heavy atom. The van der Waals surface area contributed by atoms with Gasteiger partial charge in [-0.1, -0.05) is 37.6 Å². The zero-order valence-corrected chi connectivity index (χ0v) is 15.7. The maximum Gasteiger partial charge on any atom is 0.226 e. The molecule has 0 saturated carbocycles. The van der Waals surface area contributed by atoms with E-state index in [2.05, 4.69) is 10.6 Å². The van der Waals surface area contributed by atoms with Crippen molar-refractivity contribution in [3.8, 4) is 11.5 Å². The SMILES string of the molecule is CCCCC(=O)NC(=S)Nc1cccc(OCCOc2ccccc2)c1. The molecule has 138 valence electrons. The first kappa shape index (κ1) is 19.7. The van der Waals surface area contributed by atoms with Crippen molar-refractivity contribution >= 4 is 28.9 Å². The average molecular weight is 372 g/mol. The van der Waals surface area contributed by atoms with Gasteiger partial charge in [0.05, 0.1) is 0 Å². The minimum absolute atomic E-state index is 0.0742. The second-order valence-electron chi connectivity index (χ2n) is 5.64. The van der Waals surface area contributed by atoms with Crippen LogP contribution >= 0.6 is 12.2 Å². The van der Waals surface area contributed by atoms with Crippen LogP contribution in [0.1, 0.15) is 26.2 Å². The standard InChI is InChI=1S/C20H24N2O3S/c1-2-3-12-19(23)22-20(26)21-16-8-7-11-18(15-16)25-14-13-24-17-9-5-4-6-10-17/h4-11,15H,2-3,12-14H2,1H3,(H2,21,22,23,26). The van der Waals surface area contributed by atoms with E-state index in [1.165, 1.54) is 0 Å². The molecule has 6 heteroatoms. The highest BCUT2D eigenvalue weighted by Crippen LogP contribution is 2.17. The number of hydrogen-bond donors (Lipinski definition) is 2. The molecule has 0 atom stereocenters. The van der Waals surface area contributed by atoms with E-state index in [1.807, 2.05) is 61.5 Å². The van der Waals surface area contributed by atoms with Gasteiger partial charge in [-0.2, -0.15) is 0 Å². The van der Waals surface area contributed by atoms with E-state index < -0.39 is 0 Å². The molecule has 26 heavy (non-hydrogen) atoms. The molecule has 0 spiro atoms. The lowest BCUT2D eigenvalue weighted by molar-refractivity contribution is -0.119. The van der Waals surface area contributed by atoms with Crippen LogP contribution in [0, 0.1) is 0 Å². The molecular formula is C20H24N2O3S. The lowest BCUT2D eigenvalue weighted by Gasteiger charge is -2.12. The summed E-state index contributed by atoms with van der Waals surface area (Å²) in [6.07, 6.45) is 2.30. The van der Waals surface area contributed by atoms with Crippen LogP contribution in [0.4, 0.5) is 5.69 Å². The summed E-state index contributed by atoms with van der Waals surface area (Å²) < 4.78 is 11.3. The number of anilines is 1. The highest BCUT2D eigenvalue weighted by atomic mass is 32.1. The lowest BCUT2D eigenvalue weighted by Crippen LogP contribution is -2.33.